The molecule has 0 fully saturated rings. The van der Waals surface area contributed by atoms with Gasteiger partial charge in [-0.25, -0.2) is 4.98 Å². The molecule has 0 bridgehead atoms. The molecule has 0 aliphatic rings. The summed E-state index contributed by atoms with van der Waals surface area (Å²) in [7, 11) is 0. The van der Waals surface area contributed by atoms with Gasteiger partial charge >= 0.3 is 0 Å². The van der Waals surface area contributed by atoms with Gasteiger partial charge in [-0.05, 0) is 28.6 Å². The fraction of sp³-hybridized carbons (Fsp3) is 0. The normalized spacial score (nSPS) is 11.0. The number of thiazole rings is 1. The average molecular weight is 300 g/mol. The molecule has 100 valence electrons. The summed E-state index contributed by atoms with van der Waals surface area (Å²) in [6, 6.07) is 12.4. The fourth-order valence-electron chi connectivity index (χ4n) is 1.71. The number of nitrogens with zero attached hydrogens (tertiary/aromatic N) is 2. The Labute approximate surface area is 124 Å². The van der Waals surface area contributed by atoms with Crippen molar-refractivity contribution in [3.05, 3.63) is 52.7 Å². The summed E-state index contributed by atoms with van der Waals surface area (Å²) in [6.07, 6.45) is 1.77. The molecule has 0 spiro atoms. The van der Waals surface area contributed by atoms with Crippen LogP contribution >= 0.6 is 22.7 Å². The highest BCUT2D eigenvalue weighted by Crippen LogP contribution is 2.24. The second kappa shape index (κ2) is 5.85. The maximum Gasteiger partial charge on any atom is 0.205 e. The number of aromatic nitrogens is 1. The van der Waals surface area contributed by atoms with E-state index in [1.54, 1.807) is 22.9 Å². The van der Waals surface area contributed by atoms with E-state index in [1.807, 2.05) is 12.1 Å². The first kappa shape index (κ1) is 12.8. The zero-order valence-corrected chi connectivity index (χ0v) is 12.1. The predicted octanol–water partition coefficient (Wildman–Crippen LogP) is 3.90. The number of hydrogen-bond donors (Lipinski definition) is 2. The number of benzene rings is 1. The SMILES string of the molecule is Nc1csc(NN=Cc2cccc(-c3cccs3)c2)n1. The topological polar surface area (TPSA) is 63.3 Å². The Balaban J connectivity index is 1.73. The van der Waals surface area contributed by atoms with Crippen molar-refractivity contribution >= 4 is 39.8 Å². The first-order valence-corrected chi connectivity index (χ1v) is 7.71. The van der Waals surface area contributed by atoms with Crippen LogP contribution in [0.2, 0.25) is 0 Å². The van der Waals surface area contributed by atoms with Gasteiger partial charge in [-0.1, -0.05) is 24.3 Å². The van der Waals surface area contributed by atoms with Crippen molar-refractivity contribution in [3.63, 3.8) is 0 Å². The average Bonchev–Trinajstić information content (AvgIpc) is 3.11. The molecule has 0 aliphatic carbocycles. The fourth-order valence-corrected chi connectivity index (χ4v) is 2.99. The Hall–Kier alpha value is -2.18. The standard InChI is InChI=1S/C14H12N4S2/c15-13-9-20-14(17-13)18-16-8-10-3-1-4-11(7-10)12-5-2-6-19-12/h1-9H,15H2,(H,17,18). The second-order valence-corrected chi connectivity index (χ2v) is 5.86. The number of nitrogens with two attached hydrogens (primary N) is 1. The molecule has 4 nitrogen and oxygen atoms in total. The molecule has 1 aromatic carbocycles. The van der Waals surface area contributed by atoms with E-state index < -0.39 is 0 Å². The number of nitrogen functional groups attached to an aromatic ring is 1. The molecule has 0 atom stereocenters. The Kier molecular flexibility index (Phi) is 3.76. The van der Waals surface area contributed by atoms with Crippen molar-refractivity contribution in [1.29, 1.82) is 0 Å². The molecule has 0 saturated carbocycles. The summed E-state index contributed by atoms with van der Waals surface area (Å²) in [5, 5.41) is 8.70. The van der Waals surface area contributed by atoms with E-state index in [4.69, 9.17) is 5.73 Å². The third-order valence-electron chi connectivity index (χ3n) is 2.59. The molecule has 3 rings (SSSR count). The first-order valence-electron chi connectivity index (χ1n) is 5.95. The molecule has 0 radical (unpaired) electrons. The molecule has 2 heterocycles. The summed E-state index contributed by atoms with van der Waals surface area (Å²) in [4.78, 5) is 5.32. The molecule has 20 heavy (non-hydrogen) atoms. The van der Waals surface area contributed by atoms with E-state index in [2.05, 4.69) is 45.2 Å². The number of rotatable bonds is 4. The van der Waals surface area contributed by atoms with E-state index in [1.165, 1.54) is 21.8 Å². The molecular formula is C14H12N4S2. The van der Waals surface area contributed by atoms with Crippen LogP contribution in [0.3, 0.4) is 0 Å². The van der Waals surface area contributed by atoms with Crippen LogP contribution in [-0.4, -0.2) is 11.2 Å². The third kappa shape index (κ3) is 3.04. The summed E-state index contributed by atoms with van der Waals surface area (Å²) in [5.74, 6) is 0.507. The molecular weight excluding hydrogens is 288 g/mol. The highest BCUT2D eigenvalue weighted by molar-refractivity contribution is 7.14. The van der Waals surface area contributed by atoms with Crippen LogP contribution in [0.15, 0.2) is 52.3 Å². The lowest BCUT2D eigenvalue weighted by Crippen LogP contribution is -1.91. The van der Waals surface area contributed by atoms with E-state index in [-0.39, 0.29) is 0 Å². The number of anilines is 2. The quantitative estimate of drug-likeness (QED) is 0.567. The summed E-state index contributed by atoms with van der Waals surface area (Å²) in [5.41, 5.74) is 10.6. The lowest BCUT2D eigenvalue weighted by molar-refractivity contribution is 1.29. The van der Waals surface area contributed by atoms with Crippen molar-refractivity contribution in [2.45, 2.75) is 0 Å². The summed E-state index contributed by atoms with van der Waals surface area (Å²) in [6.45, 7) is 0. The highest BCUT2D eigenvalue weighted by Gasteiger charge is 1.99. The van der Waals surface area contributed by atoms with E-state index in [9.17, 15) is 0 Å². The van der Waals surface area contributed by atoms with E-state index in [0.29, 0.717) is 10.9 Å². The predicted molar refractivity (Wildman–Crippen MR) is 87.5 cm³/mol. The van der Waals surface area contributed by atoms with Crippen molar-refractivity contribution < 1.29 is 0 Å². The van der Waals surface area contributed by atoms with Gasteiger partial charge in [0.2, 0.25) is 5.13 Å². The lowest BCUT2D eigenvalue weighted by Gasteiger charge is -1.99. The summed E-state index contributed by atoms with van der Waals surface area (Å²) >= 11 is 3.15. The van der Waals surface area contributed by atoms with Gasteiger partial charge in [-0.15, -0.1) is 22.7 Å². The van der Waals surface area contributed by atoms with Crippen LogP contribution in [0.5, 0.6) is 0 Å². The minimum atomic E-state index is 0.507. The molecule has 2 aromatic heterocycles. The van der Waals surface area contributed by atoms with E-state index >= 15 is 0 Å². The molecule has 0 aliphatic heterocycles. The highest BCUT2D eigenvalue weighted by atomic mass is 32.1. The van der Waals surface area contributed by atoms with Gasteiger partial charge in [0.25, 0.3) is 0 Å². The summed E-state index contributed by atoms with van der Waals surface area (Å²) < 4.78 is 0. The van der Waals surface area contributed by atoms with Crippen LogP contribution in [0.1, 0.15) is 5.56 Å². The van der Waals surface area contributed by atoms with E-state index in [0.717, 1.165) is 5.56 Å². The largest absolute Gasteiger partial charge is 0.383 e. The molecule has 0 unspecified atom stereocenters. The number of nitrogens with one attached hydrogen (secondary N) is 1. The first-order chi connectivity index (χ1) is 9.81. The van der Waals surface area contributed by atoms with Crippen LogP contribution in [-0.2, 0) is 0 Å². The van der Waals surface area contributed by atoms with Gasteiger partial charge in [0.15, 0.2) is 0 Å². The van der Waals surface area contributed by atoms with Gasteiger partial charge in [-0.3, -0.25) is 5.43 Å². The van der Waals surface area contributed by atoms with Crippen molar-refractivity contribution in [3.8, 4) is 10.4 Å². The number of hydrazone groups is 1. The van der Waals surface area contributed by atoms with Gasteiger partial charge in [0.05, 0.1) is 6.21 Å². The minimum absolute atomic E-state index is 0.507. The Morgan fingerprint density at radius 1 is 1.20 bits per heavy atom. The Morgan fingerprint density at radius 2 is 2.15 bits per heavy atom. The van der Waals surface area contributed by atoms with Gasteiger partial charge in [0, 0.05) is 10.3 Å². The van der Waals surface area contributed by atoms with Crippen LogP contribution in [0.4, 0.5) is 10.9 Å². The monoisotopic (exact) mass is 300 g/mol. The van der Waals surface area contributed by atoms with Crippen LogP contribution < -0.4 is 11.2 Å². The zero-order chi connectivity index (χ0) is 13.8. The molecule has 3 aromatic rings. The molecule has 0 saturated heterocycles. The minimum Gasteiger partial charge on any atom is -0.383 e. The van der Waals surface area contributed by atoms with Gasteiger partial charge < -0.3 is 5.73 Å². The number of thiophene rings is 1. The second-order valence-electron chi connectivity index (χ2n) is 4.05. The van der Waals surface area contributed by atoms with Crippen LogP contribution in [0.25, 0.3) is 10.4 Å². The molecule has 0 amide bonds. The maximum absolute atomic E-state index is 5.54. The van der Waals surface area contributed by atoms with Gasteiger partial charge in [-0.2, -0.15) is 5.10 Å². The molecule has 6 heteroatoms. The third-order valence-corrected chi connectivity index (χ3v) is 4.27. The van der Waals surface area contributed by atoms with Gasteiger partial charge in [0.1, 0.15) is 5.82 Å². The van der Waals surface area contributed by atoms with Crippen LogP contribution in [0, 0.1) is 0 Å². The molecule has 3 N–H and O–H groups in total. The Morgan fingerprint density at radius 3 is 2.90 bits per heavy atom. The smallest absolute Gasteiger partial charge is 0.205 e. The van der Waals surface area contributed by atoms with Crippen molar-refractivity contribution in [2.24, 2.45) is 5.10 Å². The van der Waals surface area contributed by atoms with Crippen molar-refractivity contribution in [2.75, 3.05) is 11.2 Å². The zero-order valence-electron chi connectivity index (χ0n) is 10.5. The lowest BCUT2D eigenvalue weighted by atomic mass is 10.1. The number of hydrogen-bond acceptors (Lipinski definition) is 6. The maximum atomic E-state index is 5.54. The Bertz CT molecular complexity index is 716. The van der Waals surface area contributed by atoms with Crippen molar-refractivity contribution in [1.82, 2.24) is 4.98 Å².